The number of nitrogens with zero attached hydrogens (tertiary/aromatic N) is 1. The Kier molecular flexibility index (Phi) is 6.25. The minimum atomic E-state index is -0.718. The highest BCUT2D eigenvalue weighted by Gasteiger charge is 2.25. The van der Waals surface area contributed by atoms with Crippen molar-refractivity contribution in [1.82, 2.24) is 0 Å². The number of carbonyl (C=O) groups excluding carboxylic acids is 4. The van der Waals surface area contributed by atoms with Gasteiger partial charge in [0.2, 0.25) is 11.6 Å². The van der Waals surface area contributed by atoms with E-state index in [2.05, 4.69) is 4.99 Å². The van der Waals surface area contributed by atoms with Gasteiger partial charge in [-0.25, -0.2) is 9.79 Å². The molecule has 0 spiro atoms. The molecule has 9 nitrogen and oxygen atoms in total. The lowest BCUT2D eigenvalue weighted by molar-refractivity contribution is -0.135. The van der Waals surface area contributed by atoms with E-state index < -0.39 is 23.9 Å². The molecule has 0 aliphatic carbocycles. The lowest BCUT2D eigenvalue weighted by Crippen LogP contribution is -2.11. The van der Waals surface area contributed by atoms with Gasteiger partial charge in [-0.1, -0.05) is 18.2 Å². The van der Waals surface area contributed by atoms with Crippen LogP contribution in [0.15, 0.2) is 53.2 Å². The summed E-state index contributed by atoms with van der Waals surface area (Å²) in [4.78, 5) is 50.9. The Hall–Kier alpha value is -4.27. The molecule has 0 fully saturated rings. The summed E-state index contributed by atoms with van der Waals surface area (Å²) in [6.07, 6.45) is 1.36. The van der Waals surface area contributed by atoms with Crippen molar-refractivity contribution in [2.75, 3.05) is 0 Å². The third-order valence-corrected chi connectivity index (χ3v) is 3.74. The minimum Gasteiger partial charge on any atom is -0.423 e. The zero-order chi connectivity index (χ0) is 22.5. The van der Waals surface area contributed by atoms with Gasteiger partial charge in [-0.05, 0) is 35.9 Å². The maximum absolute atomic E-state index is 12.3. The van der Waals surface area contributed by atoms with E-state index in [1.165, 1.54) is 18.2 Å². The Morgan fingerprint density at radius 3 is 1.94 bits per heavy atom. The number of esters is 4. The van der Waals surface area contributed by atoms with E-state index in [0.29, 0.717) is 5.56 Å². The van der Waals surface area contributed by atoms with Crippen LogP contribution in [0.25, 0.3) is 6.08 Å². The van der Waals surface area contributed by atoms with Gasteiger partial charge in [0.05, 0.1) is 0 Å². The molecule has 0 aromatic heterocycles. The summed E-state index contributed by atoms with van der Waals surface area (Å²) < 4.78 is 20.5. The monoisotopic (exact) mass is 423 g/mol. The van der Waals surface area contributed by atoms with Gasteiger partial charge in [0.25, 0.3) is 0 Å². The van der Waals surface area contributed by atoms with Crippen molar-refractivity contribution >= 4 is 35.9 Å². The van der Waals surface area contributed by atoms with Gasteiger partial charge < -0.3 is 18.9 Å². The molecule has 0 amide bonds. The fraction of sp³-hybridized carbons (Fsp3) is 0.136. The van der Waals surface area contributed by atoms with Crippen molar-refractivity contribution in [3.63, 3.8) is 0 Å². The highest BCUT2D eigenvalue weighted by atomic mass is 16.6. The smallest absolute Gasteiger partial charge is 0.363 e. The molecule has 3 rings (SSSR count). The van der Waals surface area contributed by atoms with Crippen molar-refractivity contribution in [3.8, 4) is 17.2 Å². The summed E-state index contributed by atoms with van der Waals surface area (Å²) in [5.74, 6) is -3.26. The molecule has 0 unspecified atom stereocenters. The number of rotatable bonds is 5. The fourth-order valence-corrected chi connectivity index (χ4v) is 2.66. The van der Waals surface area contributed by atoms with E-state index in [4.69, 9.17) is 18.9 Å². The molecule has 0 radical (unpaired) electrons. The molecule has 0 atom stereocenters. The number of carbonyl (C=O) groups is 4. The van der Waals surface area contributed by atoms with E-state index in [0.717, 1.165) is 20.8 Å². The van der Waals surface area contributed by atoms with Crippen molar-refractivity contribution in [2.45, 2.75) is 20.8 Å². The molecule has 2 aromatic rings. The SMILES string of the molecule is CC(=O)Oc1cc(/C=C2/N=C(c3ccccc3)OC2=O)cc(OC(C)=O)c1OC(C)=O. The van der Waals surface area contributed by atoms with E-state index >= 15 is 0 Å². The summed E-state index contributed by atoms with van der Waals surface area (Å²) in [7, 11) is 0. The molecule has 158 valence electrons. The Morgan fingerprint density at radius 1 is 0.871 bits per heavy atom. The van der Waals surface area contributed by atoms with Crippen LogP contribution in [0.4, 0.5) is 0 Å². The maximum Gasteiger partial charge on any atom is 0.363 e. The second kappa shape index (κ2) is 9.04. The molecular weight excluding hydrogens is 406 g/mol. The predicted octanol–water partition coefficient (Wildman–Crippen LogP) is 2.81. The predicted molar refractivity (Wildman–Crippen MR) is 107 cm³/mol. The van der Waals surface area contributed by atoms with Crippen molar-refractivity contribution in [2.24, 2.45) is 4.99 Å². The zero-order valence-electron chi connectivity index (χ0n) is 16.8. The molecule has 0 saturated heterocycles. The van der Waals surface area contributed by atoms with Crippen LogP contribution in [0.5, 0.6) is 17.2 Å². The highest BCUT2D eigenvalue weighted by molar-refractivity contribution is 6.12. The third-order valence-electron chi connectivity index (χ3n) is 3.74. The van der Waals surface area contributed by atoms with Gasteiger partial charge >= 0.3 is 23.9 Å². The van der Waals surface area contributed by atoms with Crippen molar-refractivity contribution < 1.29 is 38.1 Å². The third kappa shape index (κ3) is 5.41. The molecule has 0 N–H and O–H groups in total. The molecule has 9 heteroatoms. The number of hydrogen-bond donors (Lipinski definition) is 0. The number of aliphatic imine (C=N–C) groups is 1. The summed E-state index contributed by atoms with van der Waals surface area (Å²) >= 11 is 0. The summed E-state index contributed by atoms with van der Waals surface area (Å²) in [6, 6.07) is 11.5. The van der Waals surface area contributed by atoms with Crippen LogP contribution < -0.4 is 14.2 Å². The van der Waals surface area contributed by atoms with Gasteiger partial charge in [0.1, 0.15) is 0 Å². The van der Waals surface area contributed by atoms with Gasteiger partial charge in [0, 0.05) is 26.3 Å². The normalized spacial score (nSPS) is 14.0. The van der Waals surface area contributed by atoms with Gasteiger partial charge in [-0.3, -0.25) is 14.4 Å². The first kappa shape index (κ1) is 21.4. The van der Waals surface area contributed by atoms with Gasteiger partial charge in [-0.15, -0.1) is 0 Å². The van der Waals surface area contributed by atoms with Crippen LogP contribution in [-0.4, -0.2) is 29.8 Å². The molecule has 1 aliphatic rings. The quantitative estimate of drug-likeness (QED) is 0.409. The number of cyclic esters (lactones) is 1. The van der Waals surface area contributed by atoms with Crippen molar-refractivity contribution in [1.29, 1.82) is 0 Å². The topological polar surface area (TPSA) is 118 Å². The average molecular weight is 423 g/mol. The second-order valence-corrected chi connectivity index (χ2v) is 6.33. The van der Waals surface area contributed by atoms with Crippen LogP contribution in [0.1, 0.15) is 31.9 Å². The molecule has 1 heterocycles. The summed E-state index contributed by atoms with van der Waals surface area (Å²) in [6.45, 7) is 3.44. The first-order valence-electron chi connectivity index (χ1n) is 9.04. The average Bonchev–Trinajstić information content (AvgIpc) is 3.04. The van der Waals surface area contributed by atoms with E-state index in [-0.39, 0.29) is 34.4 Å². The largest absolute Gasteiger partial charge is 0.423 e. The van der Waals surface area contributed by atoms with Crippen LogP contribution in [0.2, 0.25) is 0 Å². The van der Waals surface area contributed by atoms with E-state index in [1.807, 2.05) is 6.07 Å². The van der Waals surface area contributed by atoms with E-state index in [9.17, 15) is 19.2 Å². The zero-order valence-corrected chi connectivity index (χ0v) is 16.8. The molecule has 31 heavy (non-hydrogen) atoms. The van der Waals surface area contributed by atoms with Crippen molar-refractivity contribution in [3.05, 3.63) is 59.3 Å². The second-order valence-electron chi connectivity index (χ2n) is 6.33. The minimum absolute atomic E-state index is 0.0263. The molecule has 1 aliphatic heterocycles. The summed E-state index contributed by atoms with van der Waals surface area (Å²) in [5.41, 5.74) is 0.876. The molecule has 2 aromatic carbocycles. The maximum atomic E-state index is 12.3. The standard InChI is InChI=1S/C22H17NO8/c1-12(24)28-18-10-15(11-19(29-13(2)25)20(18)30-14(3)26)9-17-22(27)31-21(23-17)16-7-5-4-6-8-16/h4-11H,1-3H3/b17-9+. The first-order valence-corrected chi connectivity index (χ1v) is 9.04. The van der Waals surface area contributed by atoms with Crippen LogP contribution in [0.3, 0.4) is 0 Å². The fourth-order valence-electron chi connectivity index (χ4n) is 2.66. The molecular formula is C22H17NO8. The number of ether oxygens (including phenoxy) is 4. The van der Waals surface area contributed by atoms with Gasteiger partial charge in [0.15, 0.2) is 17.2 Å². The Labute approximate surface area is 176 Å². The van der Waals surface area contributed by atoms with Crippen LogP contribution in [-0.2, 0) is 23.9 Å². The highest BCUT2D eigenvalue weighted by Crippen LogP contribution is 2.40. The Balaban J connectivity index is 2.08. The van der Waals surface area contributed by atoms with Crippen LogP contribution >= 0.6 is 0 Å². The van der Waals surface area contributed by atoms with E-state index in [1.54, 1.807) is 24.3 Å². The van der Waals surface area contributed by atoms with Crippen LogP contribution in [0, 0.1) is 0 Å². The Bertz CT molecular complexity index is 1090. The van der Waals surface area contributed by atoms with Gasteiger partial charge in [-0.2, -0.15) is 0 Å². The number of hydrogen-bond acceptors (Lipinski definition) is 9. The molecule has 0 bridgehead atoms. The summed E-state index contributed by atoms with van der Waals surface area (Å²) in [5, 5.41) is 0. The molecule has 0 saturated carbocycles. The lowest BCUT2D eigenvalue weighted by Gasteiger charge is -2.14. The Morgan fingerprint density at radius 2 is 1.42 bits per heavy atom. The number of benzene rings is 2. The first-order chi connectivity index (χ1) is 14.7. The lowest BCUT2D eigenvalue weighted by atomic mass is 10.1.